The fourth-order valence-corrected chi connectivity index (χ4v) is 1.28. The SMILES string of the molecule is CC(Oc1cc(Cl)cc(C(F)(F)F)c1)C(N)=O. The van der Waals surface area contributed by atoms with E-state index in [1.807, 2.05) is 0 Å². The number of carbonyl (C=O) groups excluding carboxylic acids is 1. The lowest BCUT2D eigenvalue weighted by Crippen LogP contribution is -2.30. The van der Waals surface area contributed by atoms with Crippen molar-refractivity contribution in [1.29, 1.82) is 0 Å². The van der Waals surface area contributed by atoms with Crippen molar-refractivity contribution >= 4 is 17.5 Å². The van der Waals surface area contributed by atoms with Crippen LogP contribution < -0.4 is 10.5 Å². The number of amides is 1. The Morgan fingerprint density at radius 3 is 2.47 bits per heavy atom. The van der Waals surface area contributed by atoms with Crippen LogP contribution in [0.2, 0.25) is 5.02 Å². The zero-order chi connectivity index (χ0) is 13.2. The van der Waals surface area contributed by atoms with Crippen LogP contribution in [0.25, 0.3) is 0 Å². The fourth-order valence-electron chi connectivity index (χ4n) is 1.06. The lowest BCUT2D eigenvalue weighted by molar-refractivity contribution is -0.137. The number of primary amides is 1. The molecule has 0 aliphatic carbocycles. The summed E-state index contributed by atoms with van der Waals surface area (Å²) in [6, 6.07) is 2.70. The fraction of sp³-hybridized carbons (Fsp3) is 0.300. The third-order valence-corrected chi connectivity index (χ3v) is 2.13. The highest BCUT2D eigenvalue weighted by atomic mass is 35.5. The topological polar surface area (TPSA) is 52.3 Å². The Morgan fingerprint density at radius 2 is 2.00 bits per heavy atom. The number of hydrogen-bond acceptors (Lipinski definition) is 2. The van der Waals surface area contributed by atoms with Crippen LogP contribution in [-0.2, 0) is 11.0 Å². The van der Waals surface area contributed by atoms with Gasteiger partial charge in [0, 0.05) is 5.02 Å². The van der Waals surface area contributed by atoms with Gasteiger partial charge in [0.05, 0.1) is 5.56 Å². The van der Waals surface area contributed by atoms with Gasteiger partial charge in [-0.25, -0.2) is 0 Å². The maximum atomic E-state index is 12.4. The van der Waals surface area contributed by atoms with Crippen molar-refractivity contribution < 1.29 is 22.7 Å². The number of benzene rings is 1. The van der Waals surface area contributed by atoms with E-state index in [9.17, 15) is 18.0 Å². The molecule has 0 spiro atoms. The first-order valence-corrected chi connectivity index (χ1v) is 4.91. The maximum Gasteiger partial charge on any atom is 0.416 e. The number of carbonyl (C=O) groups is 1. The van der Waals surface area contributed by atoms with Crippen LogP contribution in [0.15, 0.2) is 18.2 Å². The molecule has 0 heterocycles. The van der Waals surface area contributed by atoms with Crippen molar-refractivity contribution in [3.8, 4) is 5.75 Å². The largest absolute Gasteiger partial charge is 0.481 e. The van der Waals surface area contributed by atoms with E-state index >= 15 is 0 Å². The lowest BCUT2D eigenvalue weighted by atomic mass is 10.2. The quantitative estimate of drug-likeness (QED) is 0.915. The van der Waals surface area contributed by atoms with Crippen LogP contribution in [0.5, 0.6) is 5.75 Å². The molecule has 17 heavy (non-hydrogen) atoms. The van der Waals surface area contributed by atoms with E-state index < -0.39 is 23.8 Å². The Morgan fingerprint density at radius 1 is 1.41 bits per heavy atom. The molecule has 1 aromatic rings. The first-order valence-electron chi connectivity index (χ1n) is 4.54. The van der Waals surface area contributed by atoms with Gasteiger partial charge in [0.15, 0.2) is 6.10 Å². The Bertz CT molecular complexity index is 434. The maximum absolute atomic E-state index is 12.4. The summed E-state index contributed by atoms with van der Waals surface area (Å²) in [6.07, 6.45) is -5.56. The van der Waals surface area contributed by atoms with Gasteiger partial charge in [-0.3, -0.25) is 4.79 Å². The zero-order valence-corrected chi connectivity index (χ0v) is 9.47. The molecule has 1 aromatic carbocycles. The van der Waals surface area contributed by atoms with E-state index in [0.29, 0.717) is 0 Å². The molecule has 2 N–H and O–H groups in total. The highest BCUT2D eigenvalue weighted by molar-refractivity contribution is 6.30. The molecule has 1 atom stereocenters. The van der Waals surface area contributed by atoms with Crippen LogP contribution in [0, 0.1) is 0 Å². The van der Waals surface area contributed by atoms with Crippen molar-refractivity contribution in [1.82, 2.24) is 0 Å². The molecule has 0 aliphatic heterocycles. The van der Waals surface area contributed by atoms with Crippen molar-refractivity contribution in [3.63, 3.8) is 0 Å². The molecule has 0 radical (unpaired) electrons. The molecule has 1 rings (SSSR count). The number of rotatable bonds is 3. The Balaban J connectivity index is 3.02. The molecule has 0 aromatic heterocycles. The van der Waals surface area contributed by atoms with Crippen molar-refractivity contribution in [3.05, 3.63) is 28.8 Å². The van der Waals surface area contributed by atoms with Crippen LogP contribution in [0.4, 0.5) is 13.2 Å². The summed E-state index contributed by atoms with van der Waals surface area (Å²) in [5.74, 6) is -0.936. The van der Waals surface area contributed by atoms with Gasteiger partial charge in [-0.05, 0) is 25.1 Å². The predicted octanol–water partition coefficient (Wildman–Crippen LogP) is 2.61. The van der Waals surface area contributed by atoms with Gasteiger partial charge in [0.25, 0.3) is 5.91 Å². The highest BCUT2D eigenvalue weighted by Gasteiger charge is 2.31. The molecule has 3 nitrogen and oxygen atoms in total. The van der Waals surface area contributed by atoms with Gasteiger partial charge in [-0.15, -0.1) is 0 Å². The molecule has 0 saturated heterocycles. The smallest absolute Gasteiger partial charge is 0.416 e. The summed E-state index contributed by atoms with van der Waals surface area (Å²) >= 11 is 5.52. The zero-order valence-electron chi connectivity index (χ0n) is 8.72. The molecule has 1 amide bonds. The Hall–Kier alpha value is -1.43. The molecule has 7 heteroatoms. The van der Waals surface area contributed by atoms with Crippen LogP contribution >= 0.6 is 11.6 Å². The van der Waals surface area contributed by atoms with Gasteiger partial charge in [-0.2, -0.15) is 13.2 Å². The van der Waals surface area contributed by atoms with Crippen molar-refractivity contribution in [2.45, 2.75) is 19.2 Å². The lowest BCUT2D eigenvalue weighted by Gasteiger charge is -2.14. The number of ether oxygens (including phenoxy) is 1. The van der Waals surface area contributed by atoms with E-state index in [0.717, 1.165) is 12.1 Å². The second-order valence-electron chi connectivity index (χ2n) is 3.34. The van der Waals surface area contributed by atoms with Crippen LogP contribution in [0.1, 0.15) is 12.5 Å². The van der Waals surface area contributed by atoms with Gasteiger partial charge >= 0.3 is 6.18 Å². The van der Waals surface area contributed by atoms with E-state index in [2.05, 4.69) is 0 Å². The third kappa shape index (κ3) is 3.81. The average Bonchev–Trinajstić information content (AvgIpc) is 2.15. The van der Waals surface area contributed by atoms with E-state index in [1.165, 1.54) is 13.0 Å². The molecular formula is C10H9ClF3NO2. The van der Waals surface area contributed by atoms with Gasteiger partial charge in [0.2, 0.25) is 0 Å². The monoisotopic (exact) mass is 267 g/mol. The second-order valence-corrected chi connectivity index (χ2v) is 3.77. The number of nitrogens with two attached hydrogens (primary N) is 1. The van der Waals surface area contributed by atoms with Crippen LogP contribution in [0.3, 0.4) is 0 Å². The molecule has 94 valence electrons. The minimum Gasteiger partial charge on any atom is -0.481 e. The van der Waals surface area contributed by atoms with Crippen molar-refractivity contribution in [2.24, 2.45) is 5.73 Å². The van der Waals surface area contributed by atoms with E-state index in [4.69, 9.17) is 22.1 Å². The first-order chi connectivity index (χ1) is 7.70. The molecular weight excluding hydrogens is 259 g/mol. The normalized spacial score (nSPS) is 13.2. The minimum absolute atomic E-state index is 0.133. The Kier molecular flexibility index (Phi) is 3.87. The predicted molar refractivity (Wildman–Crippen MR) is 55.7 cm³/mol. The summed E-state index contributed by atoms with van der Waals surface area (Å²) in [5.41, 5.74) is 3.98. The van der Waals surface area contributed by atoms with E-state index in [-0.39, 0.29) is 10.8 Å². The van der Waals surface area contributed by atoms with Gasteiger partial charge < -0.3 is 10.5 Å². The summed E-state index contributed by atoms with van der Waals surface area (Å²) < 4.78 is 42.2. The van der Waals surface area contributed by atoms with E-state index in [1.54, 1.807) is 0 Å². The summed E-state index contributed by atoms with van der Waals surface area (Å²) in [6.45, 7) is 1.33. The van der Waals surface area contributed by atoms with Gasteiger partial charge in [-0.1, -0.05) is 11.6 Å². The first kappa shape index (κ1) is 13.6. The molecule has 0 fully saturated rings. The third-order valence-electron chi connectivity index (χ3n) is 1.91. The summed E-state index contributed by atoms with van der Waals surface area (Å²) in [4.78, 5) is 10.7. The van der Waals surface area contributed by atoms with Crippen LogP contribution in [-0.4, -0.2) is 12.0 Å². The molecule has 0 saturated carbocycles. The summed E-state index contributed by atoms with van der Waals surface area (Å²) in [7, 11) is 0. The number of alkyl halides is 3. The standard InChI is InChI=1S/C10H9ClF3NO2/c1-5(9(15)16)17-8-3-6(10(12,13)14)2-7(11)4-8/h2-5H,1H3,(H2,15,16). The average molecular weight is 268 g/mol. The number of hydrogen-bond donors (Lipinski definition) is 1. The second kappa shape index (κ2) is 4.83. The van der Waals surface area contributed by atoms with Gasteiger partial charge in [0.1, 0.15) is 5.75 Å². The molecule has 0 bridgehead atoms. The highest BCUT2D eigenvalue weighted by Crippen LogP contribution is 2.34. The summed E-state index contributed by atoms with van der Waals surface area (Å²) in [5, 5.41) is -0.133. The van der Waals surface area contributed by atoms with Crippen molar-refractivity contribution in [2.75, 3.05) is 0 Å². The Labute approximate surface area is 100 Å². The minimum atomic E-state index is -4.53. The molecule has 1 unspecified atom stereocenters. The number of halogens is 4. The molecule has 0 aliphatic rings.